The highest BCUT2D eigenvalue weighted by Gasteiger charge is 2.69. The van der Waals surface area contributed by atoms with Gasteiger partial charge >= 0.3 is 5.97 Å². The number of hydrogen-bond donors (Lipinski definition) is 2. The van der Waals surface area contributed by atoms with Crippen molar-refractivity contribution < 1.29 is 14.3 Å². The van der Waals surface area contributed by atoms with Crippen LogP contribution in [0.25, 0.3) is 5.57 Å². The lowest BCUT2D eigenvalue weighted by Crippen LogP contribution is -2.67. The SMILES string of the molecule is C=CC.CC.CC(C)CNC12CCCC1C1CCC3C4(C)CC=C(c5ccc(C(=O)O)cc5)C(C)(C)C4CCC3(C)[C@]1(C)CC2.CF. The maximum Gasteiger partial charge on any atom is 0.335 e. The molecule has 47 heavy (non-hydrogen) atoms. The Hall–Kier alpha value is -1.94. The fourth-order valence-electron chi connectivity index (χ4n) is 12.2. The van der Waals surface area contributed by atoms with Crippen molar-refractivity contribution in [1.29, 1.82) is 0 Å². The average Bonchev–Trinajstić information content (AvgIpc) is 3.47. The standard InChI is InChI=1S/C37H55NO2.C3H6.C2H6.CH3F/c1-24(2)23-38-37-18-8-9-29(37)28-14-15-31-34(5)19-16-27(25-10-12-26(13-11-25)32(39)40)33(3,4)30(34)17-20-36(31,7)35(28,6)21-22-37;1-3-2;2*1-2/h10-13,16,24,28-31,38H,8-9,14-15,17-23H2,1-7H3,(H,39,40);3H,1H2,2H3;1-2H3;1H3/t28?,29?,30?,31?,34?,35-,36?,37?;;;/m1.../s1. The molecule has 7 unspecified atom stereocenters. The second-order valence-corrected chi connectivity index (χ2v) is 16.9. The van der Waals surface area contributed by atoms with Crippen LogP contribution in [0, 0.1) is 51.2 Å². The molecule has 8 atom stereocenters. The minimum Gasteiger partial charge on any atom is -0.478 e. The van der Waals surface area contributed by atoms with Crippen molar-refractivity contribution in [2.24, 2.45) is 51.2 Å². The van der Waals surface area contributed by atoms with Crippen molar-refractivity contribution in [2.75, 3.05) is 13.7 Å². The van der Waals surface area contributed by atoms with E-state index in [-0.39, 0.29) is 5.41 Å². The molecule has 6 rings (SSSR count). The van der Waals surface area contributed by atoms with Gasteiger partial charge in [0.15, 0.2) is 0 Å². The van der Waals surface area contributed by atoms with E-state index in [1.54, 1.807) is 18.2 Å². The van der Waals surface area contributed by atoms with Gasteiger partial charge in [-0.05, 0) is 146 Å². The van der Waals surface area contributed by atoms with Gasteiger partial charge in [0.25, 0.3) is 0 Å². The maximum atomic E-state index is 11.5. The van der Waals surface area contributed by atoms with E-state index in [4.69, 9.17) is 0 Å². The van der Waals surface area contributed by atoms with Gasteiger partial charge in [0.05, 0.1) is 12.7 Å². The molecule has 0 radical (unpaired) electrons. The monoisotopic (exact) mass is 652 g/mol. The number of carboxylic acid groups (broad SMARTS) is 1. The second kappa shape index (κ2) is 15.3. The van der Waals surface area contributed by atoms with Gasteiger partial charge in [-0.15, -0.1) is 6.58 Å². The zero-order valence-corrected chi connectivity index (χ0v) is 32.1. The first-order chi connectivity index (χ1) is 22.2. The summed E-state index contributed by atoms with van der Waals surface area (Å²) in [6, 6.07) is 7.65. The molecule has 0 heterocycles. The smallest absolute Gasteiger partial charge is 0.335 e. The molecule has 1 aromatic rings. The molecule has 2 N–H and O–H groups in total. The molecule has 266 valence electrons. The van der Waals surface area contributed by atoms with Gasteiger partial charge in [-0.25, -0.2) is 4.79 Å². The molecule has 4 saturated carbocycles. The lowest BCUT2D eigenvalue weighted by molar-refractivity contribution is -0.217. The van der Waals surface area contributed by atoms with E-state index >= 15 is 0 Å². The Labute approximate surface area is 288 Å². The number of allylic oxidation sites excluding steroid dienone is 3. The van der Waals surface area contributed by atoms with Crippen LogP contribution < -0.4 is 5.32 Å². The zero-order chi connectivity index (χ0) is 35.4. The molecule has 0 spiro atoms. The van der Waals surface area contributed by atoms with Crippen LogP contribution in [0.3, 0.4) is 0 Å². The lowest BCUT2D eigenvalue weighted by Gasteiger charge is -2.72. The topological polar surface area (TPSA) is 49.3 Å². The summed E-state index contributed by atoms with van der Waals surface area (Å²) in [6.45, 7) is 28.3. The quantitative estimate of drug-likeness (QED) is 0.312. The number of aromatic carboxylic acids is 1. The Kier molecular flexibility index (Phi) is 12.9. The van der Waals surface area contributed by atoms with E-state index in [0.29, 0.717) is 40.4 Å². The summed E-state index contributed by atoms with van der Waals surface area (Å²) in [7, 11) is 0.500. The number of hydrogen-bond acceptors (Lipinski definition) is 2. The number of alkyl halides is 1. The molecule has 5 aliphatic carbocycles. The summed E-state index contributed by atoms with van der Waals surface area (Å²) < 4.78 is 9.50. The van der Waals surface area contributed by atoms with Crippen LogP contribution in [0.15, 0.2) is 43.0 Å². The van der Waals surface area contributed by atoms with Crippen molar-refractivity contribution >= 4 is 11.5 Å². The summed E-state index contributed by atoms with van der Waals surface area (Å²) in [5.41, 5.74) is 4.64. The minimum atomic E-state index is -0.847. The number of halogens is 1. The van der Waals surface area contributed by atoms with Gasteiger partial charge in [-0.1, -0.05) is 93.0 Å². The number of carboxylic acids is 1. The first-order valence-electron chi connectivity index (χ1n) is 18.9. The summed E-state index contributed by atoms with van der Waals surface area (Å²) in [5, 5.41) is 13.6. The second-order valence-electron chi connectivity index (χ2n) is 16.9. The molecule has 3 nitrogen and oxygen atoms in total. The third-order valence-electron chi connectivity index (χ3n) is 14.2. The lowest BCUT2D eigenvalue weighted by atomic mass is 9.33. The Morgan fingerprint density at radius 3 is 2.11 bits per heavy atom. The molecule has 0 saturated heterocycles. The summed E-state index contributed by atoms with van der Waals surface area (Å²) in [4.78, 5) is 11.5. The summed E-state index contributed by atoms with van der Waals surface area (Å²) in [5.74, 6) is 3.01. The van der Waals surface area contributed by atoms with Crippen LogP contribution in [0.4, 0.5) is 4.39 Å². The molecule has 0 bridgehead atoms. The van der Waals surface area contributed by atoms with Crippen molar-refractivity contribution in [3.8, 4) is 0 Å². The van der Waals surface area contributed by atoms with Gasteiger partial charge in [-0.2, -0.15) is 0 Å². The third-order valence-corrected chi connectivity index (χ3v) is 14.2. The minimum absolute atomic E-state index is 0.0742. The van der Waals surface area contributed by atoms with Crippen molar-refractivity contribution in [1.82, 2.24) is 5.32 Å². The van der Waals surface area contributed by atoms with Gasteiger partial charge < -0.3 is 10.4 Å². The largest absolute Gasteiger partial charge is 0.478 e. The molecule has 0 aromatic heterocycles. The molecule has 0 aliphatic heterocycles. The average molecular weight is 652 g/mol. The van der Waals surface area contributed by atoms with Gasteiger partial charge in [-0.3, -0.25) is 4.39 Å². The predicted octanol–water partition coefficient (Wildman–Crippen LogP) is 12.0. The van der Waals surface area contributed by atoms with Crippen molar-refractivity contribution in [3.63, 3.8) is 0 Å². The Balaban J connectivity index is 0.000000799. The van der Waals surface area contributed by atoms with Crippen LogP contribution in [0.2, 0.25) is 0 Å². The van der Waals surface area contributed by atoms with E-state index in [2.05, 4.69) is 66.4 Å². The van der Waals surface area contributed by atoms with E-state index in [1.165, 1.54) is 75.5 Å². The number of nitrogens with one attached hydrogen (secondary N) is 1. The van der Waals surface area contributed by atoms with Crippen LogP contribution in [-0.4, -0.2) is 30.3 Å². The molecular weight excluding hydrogens is 581 g/mol. The highest BCUT2D eigenvalue weighted by atomic mass is 19.1. The molecular formula is C43H70FNO2. The summed E-state index contributed by atoms with van der Waals surface area (Å²) in [6.07, 6.45) is 18.0. The van der Waals surface area contributed by atoms with E-state index in [1.807, 2.05) is 32.9 Å². The zero-order valence-electron chi connectivity index (χ0n) is 32.1. The molecule has 4 fully saturated rings. The first-order valence-corrected chi connectivity index (χ1v) is 18.9. The third kappa shape index (κ3) is 6.68. The molecule has 1 aromatic carbocycles. The summed E-state index contributed by atoms with van der Waals surface area (Å²) >= 11 is 0. The van der Waals surface area contributed by atoms with Gasteiger partial charge in [0, 0.05) is 5.54 Å². The number of rotatable bonds is 5. The Morgan fingerprint density at radius 2 is 1.53 bits per heavy atom. The first kappa shape index (κ1) is 39.5. The van der Waals surface area contributed by atoms with Crippen LogP contribution in [0.1, 0.15) is 149 Å². The number of carbonyl (C=O) groups is 1. The van der Waals surface area contributed by atoms with Crippen molar-refractivity contribution in [3.05, 3.63) is 54.1 Å². The molecule has 5 aliphatic rings. The fourth-order valence-corrected chi connectivity index (χ4v) is 12.2. The molecule has 4 heteroatoms. The highest BCUT2D eigenvalue weighted by molar-refractivity contribution is 5.88. The van der Waals surface area contributed by atoms with Gasteiger partial charge in [0.1, 0.15) is 0 Å². The number of benzene rings is 1. The molecule has 0 amide bonds. The van der Waals surface area contributed by atoms with Gasteiger partial charge in [0.2, 0.25) is 0 Å². The van der Waals surface area contributed by atoms with Crippen LogP contribution in [0.5, 0.6) is 0 Å². The Bertz CT molecular complexity index is 1230. The maximum absolute atomic E-state index is 11.5. The van der Waals surface area contributed by atoms with E-state index in [9.17, 15) is 14.3 Å². The normalized spacial score (nSPS) is 37.8. The predicted molar refractivity (Wildman–Crippen MR) is 199 cm³/mol. The fraction of sp³-hybridized carbons (Fsp3) is 0.744. The Morgan fingerprint density at radius 1 is 0.915 bits per heavy atom. The van der Waals surface area contributed by atoms with Crippen LogP contribution >= 0.6 is 0 Å². The van der Waals surface area contributed by atoms with Crippen LogP contribution in [-0.2, 0) is 0 Å². The highest BCUT2D eigenvalue weighted by Crippen LogP contribution is 2.76. The van der Waals surface area contributed by atoms with Crippen molar-refractivity contribution in [2.45, 2.75) is 139 Å². The van der Waals surface area contributed by atoms with E-state index < -0.39 is 5.97 Å². The number of fused-ring (bicyclic) bond motifs is 7. The van der Waals surface area contributed by atoms with E-state index in [0.717, 1.165) is 30.1 Å².